The number of nitrogens with one attached hydrogen (secondary N) is 1. The molecule has 0 aliphatic carbocycles. The smallest absolute Gasteiger partial charge is 0.383 e. The van der Waals surface area contributed by atoms with Crippen LogP contribution in [0.25, 0.3) is 0 Å². The van der Waals surface area contributed by atoms with Crippen molar-refractivity contribution in [2.24, 2.45) is 4.99 Å². The molecular formula is C23H25F6N3O2. The van der Waals surface area contributed by atoms with Crippen LogP contribution in [0.2, 0.25) is 0 Å². The van der Waals surface area contributed by atoms with Crippen LogP contribution in [0, 0.1) is 0 Å². The van der Waals surface area contributed by atoms with Crippen LogP contribution in [0.5, 0.6) is 0 Å². The van der Waals surface area contributed by atoms with Gasteiger partial charge in [-0.2, -0.15) is 26.3 Å². The Bertz CT molecular complexity index is 962. The van der Waals surface area contributed by atoms with Crippen molar-refractivity contribution in [2.75, 3.05) is 40.5 Å². The van der Waals surface area contributed by atoms with Crippen LogP contribution in [-0.2, 0) is 34.0 Å². The monoisotopic (exact) mass is 489 g/mol. The van der Waals surface area contributed by atoms with E-state index in [4.69, 9.17) is 9.47 Å². The maximum atomic E-state index is 13.2. The Morgan fingerprint density at radius 1 is 1.00 bits per heavy atom. The summed E-state index contributed by atoms with van der Waals surface area (Å²) in [6, 6.07) is 10.7. The average Bonchev–Trinajstić information content (AvgIpc) is 3.09. The highest BCUT2D eigenvalue weighted by atomic mass is 19.4. The van der Waals surface area contributed by atoms with Crippen molar-refractivity contribution in [3.63, 3.8) is 0 Å². The van der Waals surface area contributed by atoms with Gasteiger partial charge in [0.1, 0.15) is 5.54 Å². The fourth-order valence-electron chi connectivity index (χ4n) is 3.76. The van der Waals surface area contributed by atoms with Gasteiger partial charge >= 0.3 is 12.4 Å². The molecule has 0 spiro atoms. The van der Waals surface area contributed by atoms with E-state index in [1.807, 2.05) is 42.3 Å². The van der Waals surface area contributed by atoms with E-state index in [2.05, 4.69) is 10.3 Å². The van der Waals surface area contributed by atoms with Crippen molar-refractivity contribution < 1.29 is 35.8 Å². The van der Waals surface area contributed by atoms with E-state index >= 15 is 0 Å². The molecule has 34 heavy (non-hydrogen) atoms. The molecule has 1 N–H and O–H groups in total. The molecule has 5 nitrogen and oxygen atoms in total. The number of aliphatic imine (C=N–C) groups is 1. The summed E-state index contributed by atoms with van der Waals surface area (Å²) in [5.41, 5.74) is -2.91. The Labute approximate surface area is 193 Å². The fourth-order valence-corrected chi connectivity index (χ4v) is 3.76. The van der Waals surface area contributed by atoms with Gasteiger partial charge in [0, 0.05) is 14.2 Å². The van der Waals surface area contributed by atoms with Crippen LogP contribution in [0.1, 0.15) is 22.3 Å². The topological polar surface area (TPSA) is 46.1 Å². The van der Waals surface area contributed by atoms with E-state index in [0.29, 0.717) is 37.8 Å². The van der Waals surface area contributed by atoms with Gasteiger partial charge in [-0.25, -0.2) is 0 Å². The van der Waals surface area contributed by atoms with Crippen molar-refractivity contribution in [2.45, 2.75) is 24.5 Å². The van der Waals surface area contributed by atoms with E-state index in [-0.39, 0.29) is 18.2 Å². The maximum absolute atomic E-state index is 13.2. The number of guanidine groups is 1. The summed E-state index contributed by atoms with van der Waals surface area (Å²) in [5.74, 6) is 0.586. The van der Waals surface area contributed by atoms with Gasteiger partial charge in [-0.3, -0.25) is 4.99 Å². The molecule has 0 saturated carbocycles. The van der Waals surface area contributed by atoms with Crippen LogP contribution in [-0.4, -0.2) is 51.3 Å². The lowest BCUT2D eigenvalue weighted by Gasteiger charge is -2.29. The third kappa shape index (κ3) is 6.20. The molecular weight excluding hydrogens is 464 g/mol. The lowest BCUT2D eigenvalue weighted by molar-refractivity contribution is -0.143. The molecule has 3 rings (SSSR count). The number of alkyl halides is 6. The third-order valence-corrected chi connectivity index (χ3v) is 5.37. The molecule has 0 bridgehead atoms. The summed E-state index contributed by atoms with van der Waals surface area (Å²) in [7, 11) is 3.39. The first-order valence-electron chi connectivity index (χ1n) is 10.4. The largest absolute Gasteiger partial charge is 0.416 e. The van der Waals surface area contributed by atoms with Gasteiger partial charge in [0.25, 0.3) is 0 Å². The minimum Gasteiger partial charge on any atom is -0.383 e. The lowest BCUT2D eigenvalue weighted by atomic mass is 9.91. The van der Waals surface area contributed by atoms with Gasteiger partial charge in [-0.05, 0) is 29.3 Å². The SMILES string of the molecule is COCCN=C1N[C@](COCc2cc(C(F)(F)F)cc(C(F)(F)F)c2)(c2ccccc2)CN1C. The van der Waals surface area contributed by atoms with Crippen LogP contribution >= 0.6 is 0 Å². The van der Waals surface area contributed by atoms with E-state index in [1.165, 1.54) is 0 Å². The van der Waals surface area contributed by atoms with Crippen molar-refractivity contribution in [3.8, 4) is 0 Å². The molecule has 1 fully saturated rings. The first-order chi connectivity index (χ1) is 15.9. The number of nitrogens with zero attached hydrogens (tertiary/aromatic N) is 2. The second-order valence-electron chi connectivity index (χ2n) is 8.03. The standard InChI is InChI=1S/C23H25F6N3O2/c1-32-14-21(17-6-4-3-5-7-17,31-20(32)30-8-9-33-2)15-34-13-16-10-18(22(24,25)26)12-19(11-16)23(27,28)29/h3-7,10-12H,8-9,13-15H2,1-2H3,(H,30,31)/t21-/m1/s1. The number of likely N-dealkylation sites (N-methyl/N-ethyl adjacent to an activating group) is 1. The van der Waals surface area contributed by atoms with Crippen LogP contribution in [0.3, 0.4) is 0 Å². The first-order valence-corrected chi connectivity index (χ1v) is 10.4. The first kappa shape index (κ1) is 25.8. The summed E-state index contributed by atoms with van der Waals surface area (Å²) < 4.78 is 89.7. The molecule has 0 unspecified atom stereocenters. The van der Waals surface area contributed by atoms with E-state index in [9.17, 15) is 26.3 Å². The summed E-state index contributed by atoms with van der Waals surface area (Å²) in [6.07, 6.45) is -9.82. The Hall–Kier alpha value is -2.79. The van der Waals surface area contributed by atoms with E-state index < -0.39 is 35.6 Å². The number of halogens is 6. The Balaban J connectivity index is 1.83. The fraction of sp³-hybridized carbons (Fsp3) is 0.435. The van der Waals surface area contributed by atoms with Crippen molar-refractivity contribution in [3.05, 3.63) is 70.8 Å². The Morgan fingerprint density at radius 2 is 1.62 bits per heavy atom. The quantitative estimate of drug-likeness (QED) is 0.433. The molecule has 1 aliphatic rings. The Kier molecular flexibility index (Phi) is 7.77. The lowest BCUT2D eigenvalue weighted by Crippen LogP contribution is -2.45. The second-order valence-corrected chi connectivity index (χ2v) is 8.03. The summed E-state index contributed by atoms with van der Waals surface area (Å²) in [6.45, 7) is 0.828. The van der Waals surface area contributed by atoms with Crippen LogP contribution in [0.4, 0.5) is 26.3 Å². The number of ether oxygens (including phenoxy) is 2. The zero-order valence-corrected chi connectivity index (χ0v) is 18.6. The second kappa shape index (κ2) is 10.2. The number of benzene rings is 2. The summed E-state index contributed by atoms with van der Waals surface area (Å²) in [5, 5.41) is 3.32. The van der Waals surface area contributed by atoms with Gasteiger partial charge in [0.05, 0.1) is 44.0 Å². The predicted molar refractivity (Wildman–Crippen MR) is 114 cm³/mol. The summed E-state index contributed by atoms with van der Waals surface area (Å²) >= 11 is 0. The number of methoxy groups -OCH3 is 1. The van der Waals surface area contributed by atoms with Crippen molar-refractivity contribution in [1.82, 2.24) is 10.2 Å². The van der Waals surface area contributed by atoms with Crippen molar-refractivity contribution in [1.29, 1.82) is 0 Å². The predicted octanol–water partition coefficient (Wildman–Crippen LogP) is 4.67. The van der Waals surface area contributed by atoms with Crippen molar-refractivity contribution >= 4 is 5.96 Å². The van der Waals surface area contributed by atoms with Gasteiger partial charge in [0.15, 0.2) is 5.96 Å². The summed E-state index contributed by atoms with van der Waals surface area (Å²) in [4.78, 5) is 6.33. The molecule has 1 saturated heterocycles. The highest BCUT2D eigenvalue weighted by Gasteiger charge is 2.42. The minimum absolute atomic E-state index is 0.0117. The minimum atomic E-state index is -4.91. The Morgan fingerprint density at radius 3 is 2.18 bits per heavy atom. The zero-order chi connectivity index (χ0) is 25.0. The van der Waals surface area contributed by atoms with Gasteiger partial charge in [0.2, 0.25) is 0 Å². The molecule has 0 aromatic heterocycles. The van der Waals surface area contributed by atoms with E-state index in [1.54, 1.807) is 7.11 Å². The highest BCUT2D eigenvalue weighted by molar-refractivity contribution is 5.83. The number of rotatable bonds is 8. The van der Waals surface area contributed by atoms with Gasteiger partial charge in [-0.15, -0.1) is 0 Å². The van der Waals surface area contributed by atoms with Gasteiger partial charge in [-0.1, -0.05) is 30.3 Å². The van der Waals surface area contributed by atoms with Gasteiger partial charge < -0.3 is 19.7 Å². The average molecular weight is 489 g/mol. The van der Waals surface area contributed by atoms with Crippen LogP contribution in [0.15, 0.2) is 53.5 Å². The van der Waals surface area contributed by atoms with E-state index in [0.717, 1.165) is 5.56 Å². The highest BCUT2D eigenvalue weighted by Crippen LogP contribution is 2.36. The number of hydrogen-bond acceptors (Lipinski definition) is 3. The maximum Gasteiger partial charge on any atom is 0.416 e. The molecule has 2 aromatic carbocycles. The molecule has 0 amide bonds. The molecule has 1 heterocycles. The molecule has 0 radical (unpaired) electrons. The molecule has 1 aliphatic heterocycles. The molecule has 11 heteroatoms. The molecule has 1 atom stereocenters. The zero-order valence-electron chi connectivity index (χ0n) is 18.6. The normalized spacial score (nSPS) is 20.1. The van der Waals surface area contributed by atoms with Crippen LogP contribution < -0.4 is 5.32 Å². The number of hydrogen-bond donors (Lipinski definition) is 1. The molecule has 186 valence electrons. The third-order valence-electron chi connectivity index (χ3n) is 5.37. The molecule has 2 aromatic rings.